The third kappa shape index (κ3) is 2.36. The summed E-state index contributed by atoms with van der Waals surface area (Å²) in [4.78, 5) is 2.46. The summed E-state index contributed by atoms with van der Waals surface area (Å²) < 4.78 is 5.37. The fourth-order valence-corrected chi connectivity index (χ4v) is 2.42. The van der Waals surface area contributed by atoms with Crippen molar-refractivity contribution in [3.05, 3.63) is 29.8 Å². The molecular formula is C13H20N2O. The lowest BCUT2D eigenvalue weighted by atomic mass is 10.1. The summed E-state index contributed by atoms with van der Waals surface area (Å²) in [5, 5.41) is 0. The topological polar surface area (TPSA) is 38.5 Å². The zero-order valence-electron chi connectivity index (χ0n) is 9.86. The molecule has 1 unspecified atom stereocenters. The van der Waals surface area contributed by atoms with E-state index in [1.807, 2.05) is 12.1 Å². The maximum atomic E-state index is 5.78. The van der Waals surface area contributed by atoms with Crippen molar-refractivity contribution in [2.75, 3.05) is 20.2 Å². The molecule has 1 saturated heterocycles. The smallest absolute Gasteiger partial charge is 0.123 e. The SMILES string of the molecule is COc1ccccc1CN1CCCC1CN. The first-order valence-electron chi connectivity index (χ1n) is 5.91. The number of benzene rings is 1. The Bertz CT molecular complexity index is 340. The van der Waals surface area contributed by atoms with Gasteiger partial charge in [0.15, 0.2) is 0 Å². The molecule has 1 heterocycles. The molecule has 0 radical (unpaired) electrons. The van der Waals surface area contributed by atoms with Gasteiger partial charge in [0.2, 0.25) is 0 Å². The maximum Gasteiger partial charge on any atom is 0.123 e. The molecule has 16 heavy (non-hydrogen) atoms. The van der Waals surface area contributed by atoms with E-state index < -0.39 is 0 Å². The van der Waals surface area contributed by atoms with E-state index in [9.17, 15) is 0 Å². The largest absolute Gasteiger partial charge is 0.496 e. The first-order chi connectivity index (χ1) is 7.85. The van der Waals surface area contributed by atoms with E-state index in [0.29, 0.717) is 6.04 Å². The molecule has 1 fully saturated rings. The molecule has 0 saturated carbocycles. The summed E-state index contributed by atoms with van der Waals surface area (Å²) in [5.41, 5.74) is 7.03. The lowest BCUT2D eigenvalue weighted by molar-refractivity contribution is 0.246. The summed E-state index contributed by atoms with van der Waals surface area (Å²) in [6.45, 7) is 2.86. The van der Waals surface area contributed by atoms with Gasteiger partial charge in [-0.25, -0.2) is 0 Å². The molecule has 3 heteroatoms. The van der Waals surface area contributed by atoms with Crippen LogP contribution >= 0.6 is 0 Å². The first-order valence-corrected chi connectivity index (χ1v) is 5.91. The van der Waals surface area contributed by atoms with Crippen LogP contribution in [0.1, 0.15) is 18.4 Å². The Morgan fingerprint density at radius 1 is 1.44 bits per heavy atom. The van der Waals surface area contributed by atoms with Gasteiger partial charge in [-0.15, -0.1) is 0 Å². The lowest BCUT2D eigenvalue weighted by Gasteiger charge is -2.23. The molecule has 0 amide bonds. The van der Waals surface area contributed by atoms with Crippen molar-refractivity contribution in [3.8, 4) is 5.75 Å². The van der Waals surface area contributed by atoms with Gasteiger partial charge in [0, 0.05) is 24.7 Å². The Hall–Kier alpha value is -1.06. The quantitative estimate of drug-likeness (QED) is 0.838. The molecule has 2 rings (SSSR count). The average molecular weight is 220 g/mol. The fourth-order valence-electron chi connectivity index (χ4n) is 2.42. The van der Waals surface area contributed by atoms with Crippen molar-refractivity contribution >= 4 is 0 Å². The molecule has 2 N–H and O–H groups in total. The minimum atomic E-state index is 0.546. The number of nitrogens with zero attached hydrogens (tertiary/aromatic N) is 1. The molecule has 1 atom stereocenters. The van der Waals surface area contributed by atoms with E-state index in [4.69, 9.17) is 10.5 Å². The van der Waals surface area contributed by atoms with Gasteiger partial charge in [-0.2, -0.15) is 0 Å². The van der Waals surface area contributed by atoms with Crippen LogP contribution in [-0.2, 0) is 6.54 Å². The number of methoxy groups -OCH3 is 1. The van der Waals surface area contributed by atoms with Gasteiger partial charge in [0.25, 0.3) is 0 Å². The van der Waals surface area contributed by atoms with Crippen LogP contribution in [0, 0.1) is 0 Å². The predicted octanol–water partition coefficient (Wildman–Crippen LogP) is 1.62. The molecule has 0 aromatic heterocycles. The van der Waals surface area contributed by atoms with Crippen molar-refractivity contribution < 1.29 is 4.74 Å². The van der Waals surface area contributed by atoms with Gasteiger partial charge in [-0.3, -0.25) is 4.90 Å². The molecular weight excluding hydrogens is 200 g/mol. The van der Waals surface area contributed by atoms with Crippen LogP contribution in [0.25, 0.3) is 0 Å². The van der Waals surface area contributed by atoms with Crippen molar-refractivity contribution in [1.82, 2.24) is 4.90 Å². The highest BCUT2D eigenvalue weighted by atomic mass is 16.5. The van der Waals surface area contributed by atoms with Gasteiger partial charge >= 0.3 is 0 Å². The third-order valence-electron chi connectivity index (χ3n) is 3.34. The van der Waals surface area contributed by atoms with E-state index in [1.165, 1.54) is 18.4 Å². The van der Waals surface area contributed by atoms with Gasteiger partial charge in [0.1, 0.15) is 5.75 Å². The number of ether oxygens (including phenoxy) is 1. The standard InChI is InChI=1S/C13H20N2O/c1-16-13-7-3-2-5-11(13)10-15-8-4-6-12(15)9-14/h2-3,5,7,12H,4,6,8-10,14H2,1H3. The predicted molar refractivity (Wildman–Crippen MR) is 65.5 cm³/mol. The summed E-state index contributed by atoms with van der Waals surface area (Å²) in [7, 11) is 1.73. The third-order valence-corrected chi connectivity index (χ3v) is 3.34. The Kier molecular flexibility index (Phi) is 3.80. The van der Waals surface area contributed by atoms with E-state index in [1.54, 1.807) is 7.11 Å². The van der Waals surface area contributed by atoms with Gasteiger partial charge in [-0.1, -0.05) is 18.2 Å². The zero-order chi connectivity index (χ0) is 11.4. The molecule has 0 spiro atoms. The Labute approximate surface area is 97.2 Å². The molecule has 3 nitrogen and oxygen atoms in total. The van der Waals surface area contributed by atoms with E-state index in [-0.39, 0.29) is 0 Å². The number of rotatable bonds is 4. The maximum absolute atomic E-state index is 5.78. The number of hydrogen-bond acceptors (Lipinski definition) is 3. The summed E-state index contributed by atoms with van der Waals surface area (Å²) >= 11 is 0. The van der Waals surface area contributed by atoms with Gasteiger partial charge in [0.05, 0.1) is 7.11 Å². The van der Waals surface area contributed by atoms with E-state index in [0.717, 1.165) is 25.4 Å². The highest BCUT2D eigenvalue weighted by Crippen LogP contribution is 2.24. The summed E-state index contributed by atoms with van der Waals surface area (Å²) in [5.74, 6) is 0.977. The van der Waals surface area contributed by atoms with Crippen molar-refractivity contribution in [3.63, 3.8) is 0 Å². The molecule has 0 bridgehead atoms. The Morgan fingerprint density at radius 3 is 3.00 bits per heavy atom. The van der Waals surface area contributed by atoms with Crippen LogP contribution in [0.15, 0.2) is 24.3 Å². The average Bonchev–Trinajstić information content (AvgIpc) is 2.77. The first kappa shape index (κ1) is 11.4. The van der Waals surface area contributed by atoms with Crippen LogP contribution < -0.4 is 10.5 Å². The fraction of sp³-hybridized carbons (Fsp3) is 0.538. The number of para-hydroxylation sites is 1. The number of nitrogens with two attached hydrogens (primary N) is 1. The van der Waals surface area contributed by atoms with Crippen LogP contribution in [-0.4, -0.2) is 31.1 Å². The summed E-state index contributed by atoms with van der Waals surface area (Å²) in [6.07, 6.45) is 2.49. The molecule has 1 aliphatic heterocycles. The second-order valence-electron chi connectivity index (χ2n) is 4.31. The molecule has 0 aliphatic carbocycles. The molecule has 1 aromatic carbocycles. The normalized spacial score (nSPS) is 21.2. The van der Waals surface area contributed by atoms with E-state index >= 15 is 0 Å². The highest BCUT2D eigenvalue weighted by Gasteiger charge is 2.23. The van der Waals surface area contributed by atoms with Crippen molar-refractivity contribution in [1.29, 1.82) is 0 Å². The molecule has 1 aliphatic rings. The number of likely N-dealkylation sites (tertiary alicyclic amines) is 1. The zero-order valence-corrected chi connectivity index (χ0v) is 9.86. The Morgan fingerprint density at radius 2 is 2.25 bits per heavy atom. The highest BCUT2D eigenvalue weighted by molar-refractivity contribution is 5.33. The van der Waals surface area contributed by atoms with Crippen LogP contribution in [0.5, 0.6) is 5.75 Å². The van der Waals surface area contributed by atoms with Crippen LogP contribution in [0.2, 0.25) is 0 Å². The molecule has 88 valence electrons. The van der Waals surface area contributed by atoms with Gasteiger partial charge < -0.3 is 10.5 Å². The minimum absolute atomic E-state index is 0.546. The number of hydrogen-bond donors (Lipinski definition) is 1. The molecule has 1 aromatic rings. The monoisotopic (exact) mass is 220 g/mol. The second kappa shape index (κ2) is 5.32. The van der Waals surface area contributed by atoms with Crippen molar-refractivity contribution in [2.45, 2.75) is 25.4 Å². The van der Waals surface area contributed by atoms with Crippen LogP contribution in [0.3, 0.4) is 0 Å². The lowest BCUT2D eigenvalue weighted by Crippen LogP contribution is -2.34. The van der Waals surface area contributed by atoms with Crippen molar-refractivity contribution in [2.24, 2.45) is 5.73 Å². The second-order valence-corrected chi connectivity index (χ2v) is 4.31. The van der Waals surface area contributed by atoms with Crippen LogP contribution in [0.4, 0.5) is 0 Å². The summed E-state index contributed by atoms with van der Waals surface area (Å²) in [6, 6.07) is 8.76. The Balaban J connectivity index is 2.08. The minimum Gasteiger partial charge on any atom is -0.496 e. The van der Waals surface area contributed by atoms with E-state index in [2.05, 4.69) is 17.0 Å². The van der Waals surface area contributed by atoms with Gasteiger partial charge in [-0.05, 0) is 25.5 Å².